The lowest BCUT2D eigenvalue weighted by Gasteiger charge is -2.10. The van der Waals surface area contributed by atoms with Crippen LogP contribution in [0.15, 0.2) is 34.8 Å². The Balaban J connectivity index is 1.53. The Labute approximate surface area is 187 Å². The summed E-state index contributed by atoms with van der Waals surface area (Å²) in [6, 6.07) is 7.07. The number of halogens is 1. The van der Waals surface area contributed by atoms with Gasteiger partial charge in [-0.15, -0.1) is 21.5 Å². The van der Waals surface area contributed by atoms with E-state index in [1.165, 1.54) is 23.1 Å². The maximum Gasteiger partial charge on any atom is 0.239 e. The number of rotatable bonds is 8. The minimum absolute atomic E-state index is 0.155. The minimum Gasteiger partial charge on any atom is -0.325 e. The highest BCUT2D eigenvalue weighted by atomic mass is 35.5. The zero-order valence-corrected chi connectivity index (χ0v) is 19.1. The van der Waals surface area contributed by atoms with Crippen molar-refractivity contribution in [3.63, 3.8) is 0 Å². The Hall–Kier alpha value is -2.43. The highest BCUT2D eigenvalue weighted by molar-refractivity contribution is 8.00. The number of aryl methyl sites for hydroxylation is 2. The number of benzene rings is 1. The van der Waals surface area contributed by atoms with Crippen LogP contribution in [0, 0.1) is 6.92 Å². The molecule has 8 nitrogen and oxygen atoms in total. The smallest absolute Gasteiger partial charge is 0.239 e. The molecule has 2 N–H and O–H groups in total. The number of aromatic nitrogens is 4. The molecule has 0 aliphatic carbocycles. The topological polar surface area (TPSA) is 102 Å². The van der Waals surface area contributed by atoms with Crippen LogP contribution in [0.4, 0.5) is 10.8 Å². The van der Waals surface area contributed by atoms with E-state index in [4.69, 9.17) is 11.6 Å². The molecule has 0 saturated carbocycles. The third kappa shape index (κ3) is 5.80. The fourth-order valence-corrected chi connectivity index (χ4v) is 4.20. The molecule has 30 heavy (non-hydrogen) atoms. The summed E-state index contributed by atoms with van der Waals surface area (Å²) in [5.41, 5.74) is 1.45. The molecule has 2 amide bonds. The van der Waals surface area contributed by atoms with Gasteiger partial charge in [0.2, 0.25) is 11.8 Å². The van der Waals surface area contributed by atoms with Gasteiger partial charge in [-0.05, 0) is 26.0 Å². The largest absolute Gasteiger partial charge is 0.325 e. The van der Waals surface area contributed by atoms with Crippen LogP contribution in [0.3, 0.4) is 0 Å². The van der Waals surface area contributed by atoms with Crippen LogP contribution in [-0.2, 0) is 23.1 Å². The molecule has 0 saturated heterocycles. The van der Waals surface area contributed by atoms with Gasteiger partial charge in [-0.3, -0.25) is 9.59 Å². The molecule has 3 aromatic rings. The van der Waals surface area contributed by atoms with E-state index in [9.17, 15) is 9.59 Å². The van der Waals surface area contributed by atoms with Crippen LogP contribution < -0.4 is 10.6 Å². The maximum absolute atomic E-state index is 12.4. The number of anilines is 2. The molecular weight excluding hydrogens is 444 g/mol. The van der Waals surface area contributed by atoms with E-state index in [0.29, 0.717) is 33.2 Å². The molecule has 158 valence electrons. The zero-order chi connectivity index (χ0) is 21.7. The molecule has 0 bridgehead atoms. The number of thioether (sulfide) groups is 1. The normalized spacial score (nSPS) is 11.9. The van der Waals surface area contributed by atoms with E-state index in [1.54, 1.807) is 35.8 Å². The van der Waals surface area contributed by atoms with Crippen molar-refractivity contribution in [2.45, 2.75) is 37.1 Å². The minimum atomic E-state index is -0.381. The fourth-order valence-electron chi connectivity index (χ4n) is 2.50. The summed E-state index contributed by atoms with van der Waals surface area (Å²) in [5, 5.41) is 17.1. The number of nitrogens with zero attached hydrogens (tertiary/aromatic N) is 4. The summed E-state index contributed by atoms with van der Waals surface area (Å²) in [4.78, 5) is 28.8. The van der Waals surface area contributed by atoms with Crippen molar-refractivity contribution in [1.29, 1.82) is 0 Å². The van der Waals surface area contributed by atoms with E-state index in [2.05, 4.69) is 25.8 Å². The first-order valence-electron chi connectivity index (χ1n) is 9.15. The molecule has 2 aromatic heterocycles. The Kier molecular flexibility index (Phi) is 7.46. The van der Waals surface area contributed by atoms with Crippen molar-refractivity contribution in [3.05, 3.63) is 46.2 Å². The van der Waals surface area contributed by atoms with Crippen LogP contribution in [-0.4, -0.2) is 36.8 Å². The van der Waals surface area contributed by atoms with Gasteiger partial charge < -0.3 is 15.2 Å². The second kappa shape index (κ2) is 10.1. The summed E-state index contributed by atoms with van der Waals surface area (Å²) in [6.45, 7) is 3.67. The monoisotopic (exact) mass is 464 g/mol. The molecule has 0 aliphatic rings. The molecule has 1 aromatic carbocycles. The fraction of sp³-hybridized carbons (Fsp3) is 0.316. The molecule has 11 heteroatoms. The van der Waals surface area contributed by atoms with Crippen LogP contribution in [0.25, 0.3) is 0 Å². The number of para-hydroxylation sites is 1. The van der Waals surface area contributed by atoms with Crippen molar-refractivity contribution in [2.24, 2.45) is 7.05 Å². The third-order valence-corrected chi connectivity index (χ3v) is 6.49. The lowest BCUT2D eigenvalue weighted by molar-refractivity contribution is -0.116. The predicted octanol–water partition coefficient (Wildman–Crippen LogP) is 3.92. The van der Waals surface area contributed by atoms with E-state index in [-0.39, 0.29) is 23.5 Å². The number of amides is 2. The number of nitrogens with one attached hydrogen (secondary N) is 2. The number of carbonyl (C=O) groups is 2. The number of thiazole rings is 1. The van der Waals surface area contributed by atoms with E-state index in [1.807, 2.05) is 19.4 Å². The van der Waals surface area contributed by atoms with Crippen molar-refractivity contribution in [2.75, 3.05) is 10.6 Å². The van der Waals surface area contributed by atoms with Gasteiger partial charge >= 0.3 is 0 Å². The first kappa shape index (κ1) is 22.3. The number of carbonyl (C=O) groups excluding carboxylic acids is 2. The second-order valence-electron chi connectivity index (χ2n) is 6.53. The van der Waals surface area contributed by atoms with Gasteiger partial charge in [0.1, 0.15) is 5.82 Å². The summed E-state index contributed by atoms with van der Waals surface area (Å²) in [7, 11) is 1.82. The van der Waals surface area contributed by atoms with Crippen LogP contribution in [0.1, 0.15) is 24.9 Å². The number of hydrogen-bond acceptors (Lipinski definition) is 7. The van der Waals surface area contributed by atoms with E-state index in [0.717, 1.165) is 5.69 Å². The Morgan fingerprint density at radius 2 is 2.03 bits per heavy atom. The van der Waals surface area contributed by atoms with Crippen LogP contribution in [0.2, 0.25) is 5.02 Å². The highest BCUT2D eigenvalue weighted by Crippen LogP contribution is 2.24. The summed E-state index contributed by atoms with van der Waals surface area (Å²) in [5.74, 6) is 0.347. The Morgan fingerprint density at radius 1 is 1.27 bits per heavy atom. The first-order valence-corrected chi connectivity index (χ1v) is 11.3. The second-order valence-corrected chi connectivity index (χ2v) is 9.10. The molecule has 2 heterocycles. The van der Waals surface area contributed by atoms with Gasteiger partial charge in [0.05, 0.1) is 21.7 Å². The summed E-state index contributed by atoms with van der Waals surface area (Å²) in [6.07, 6.45) is 0.653. The molecular formula is C19H21ClN6O2S2. The lowest BCUT2D eigenvalue weighted by atomic mass is 10.2. The lowest BCUT2D eigenvalue weighted by Crippen LogP contribution is -2.22. The van der Waals surface area contributed by atoms with Crippen molar-refractivity contribution in [3.8, 4) is 0 Å². The standard InChI is InChI=1S/C19H21ClN6O2S2/c1-11-10-29-18(21-11)23-17(28)12(2)30-19-25-24-15(26(19)3)8-9-16(27)22-14-7-5-4-6-13(14)20/h4-7,10,12H,8-9H2,1-3H3,(H,22,27)(H,21,23,28). The zero-order valence-electron chi connectivity index (χ0n) is 16.7. The predicted molar refractivity (Wildman–Crippen MR) is 120 cm³/mol. The third-order valence-electron chi connectivity index (χ3n) is 4.15. The highest BCUT2D eigenvalue weighted by Gasteiger charge is 2.20. The summed E-state index contributed by atoms with van der Waals surface area (Å²) < 4.78 is 1.80. The molecule has 0 radical (unpaired) electrons. The Morgan fingerprint density at radius 3 is 2.73 bits per heavy atom. The average Bonchev–Trinajstić information content (AvgIpc) is 3.27. The maximum atomic E-state index is 12.4. The van der Waals surface area contributed by atoms with E-state index < -0.39 is 0 Å². The molecule has 3 rings (SSSR count). The molecule has 1 atom stereocenters. The van der Waals surface area contributed by atoms with E-state index >= 15 is 0 Å². The van der Waals surface area contributed by atoms with Gasteiger partial charge in [0.15, 0.2) is 10.3 Å². The number of hydrogen-bond donors (Lipinski definition) is 2. The molecule has 0 fully saturated rings. The SMILES string of the molecule is Cc1csc(NC(=O)C(C)Sc2nnc(CCC(=O)Nc3ccccc3Cl)n2C)n1. The van der Waals surface area contributed by atoms with Gasteiger partial charge in [0.25, 0.3) is 0 Å². The van der Waals surface area contributed by atoms with Crippen LogP contribution >= 0.6 is 34.7 Å². The molecule has 0 aliphatic heterocycles. The van der Waals surface area contributed by atoms with Gasteiger partial charge in [-0.1, -0.05) is 35.5 Å². The van der Waals surface area contributed by atoms with Gasteiger partial charge in [0, 0.05) is 25.3 Å². The van der Waals surface area contributed by atoms with Crippen molar-refractivity contribution >= 4 is 57.3 Å². The van der Waals surface area contributed by atoms with Gasteiger partial charge in [-0.2, -0.15) is 0 Å². The van der Waals surface area contributed by atoms with Crippen molar-refractivity contribution < 1.29 is 9.59 Å². The van der Waals surface area contributed by atoms with Crippen molar-refractivity contribution in [1.82, 2.24) is 19.7 Å². The average molecular weight is 465 g/mol. The molecule has 0 spiro atoms. The Bertz CT molecular complexity index is 1050. The first-order chi connectivity index (χ1) is 14.3. The quantitative estimate of drug-likeness (QED) is 0.490. The summed E-state index contributed by atoms with van der Waals surface area (Å²) >= 11 is 8.75. The van der Waals surface area contributed by atoms with Crippen LogP contribution in [0.5, 0.6) is 0 Å². The van der Waals surface area contributed by atoms with Gasteiger partial charge in [-0.25, -0.2) is 4.98 Å². The molecule has 1 unspecified atom stereocenters.